The Bertz CT molecular complexity index is 354. The Morgan fingerprint density at radius 1 is 1.43 bits per heavy atom. The van der Waals surface area contributed by atoms with Crippen molar-refractivity contribution < 1.29 is 22.7 Å². The summed E-state index contributed by atoms with van der Waals surface area (Å²) in [5, 5.41) is -1.07. The maximum atomic E-state index is 12.8. The zero-order valence-electron chi connectivity index (χ0n) is 6.64. The van der Waals surface area contributed by atoms with Gasteiger partial charge >= 0.3 is 6.61 Å². The zero-order chi connectivity index (χ0) is 10.7. The van der Waals surface area contributed by atoms with E-state index in [0.29, 0.717) is 0 Å². The van der Waals surface area contributed by atoms with Crippen molar-refractivity contribution in [3.63, 3.8) is 0 Å². The molecule has 0 unspecified atom stereocenters. The molecular weight excluding hydrogens is 221 g/mol. The fraction of sp³-hybridized carbons (Fsp3) is 0.125. The number of rotatable bonds is 3. The number of ether oxygens (including phenoxy) is 1. The topological polar surface area (TPSA) is 26.3 Å². The molecule has 6 heteroatoms. The predicted octanol–water partition coefficient (Wildman–Crippen LogP) is 2.81. The Morgan fingerprint density at radius 2 is 2.07 bits per heavy atom. The van der Waals surface area contributed by atoms with Gasteiger partial charge < -0.3 is 4.74 Å². The standard InChI is InChI=1S/C8H4ClF3O2/c9-7(13)5-3-4(14-8(11)12)1-2-6(5)10/h1-3,8H. The molecule has 0 heterocycles. The van der Waals surface area contributed by atoms with Gasteiger partial charge in [-0.15, -0.1) is 0 Å². The van der Waals surface area contributed by atoms with E-state index in [2.05, 4.69) is 4.74 Å². The number of halogens is 4. The van der Waals surface area contributed by atoms with Crippen molar-refractivity contribution >= 4 is 16.8 Å². The average Bonchev–Trinajstić information content (AvgIpc) is 2.07. The first-order valence-electron chi connectivity index (χ1n) is 3.45. The first kappa shape index (κ1) is 10.8. The van der Waals surface area contributed by atoms with E-state index < -0.39 is 23.2 Å². The molecule has 0 N–H and O–H groups in total. The Morgan fingerprint density at radius 3 is 2.57 bits per heavy atom. The van der Waals surface area contributed by atoms with E-state index in [0.717, 1.165) is 18.2 Å². The van der Waals surface area contributed by atoms with E-state index in [-0.39, 0.29) is 5.75 Å². The third kappa shape index (κ3) is 2.63. The summed E-state index contributed by atoms with van der Waals surface area (Å²) in [5.41, 5.74) is -0.496. The van der Waals surface area contributed by atoms with Gasteiger partial charge in [0.1, 0.15) is 11.6 Å². The molecule has 0 aromatic heterocycles. The molecular formula is C8H4ClF3O2. The van der Waals surface area contributed by atoms with E-state index in [1.54, 1.807) is 0 Å². The van der Waals surface area contributed by atoms with Gasteiger partial charge in [-0.3, -0.25) is 4.79 Å². The summed E-state index contributed by atoms with van der Waals surface area (Å²) in [6.45, 7) is -3.03. The van der Waals surface area contributed by atoms with Crippen LogP contribution in [0.25, 0.3) is 0 Å². The number of carbonyl (C=O) groups excluding carboxylic acids is 1. The van der Waals surface area contributed by atoms with Crippen LogP contribution in [0.1, 0.15) is 10.4 Å². The largest absolute Gasteiger partial charge is 0.435 e. The minimum Gasteiger partial charge on any atom is -0.435 e. The van der Waals surface area contributed by atoms with Crippen molar-refractivity contribution in [1.29, 1.82) is 0 Å². The molecule has 0 atom stereocenters. The van der Waals surface area contributed by atoms with E-state index in [9.17, 15) is 18.0 Å². The quantitative estimate of drug-likeness (QED) is 0.738. The number of alkyl halides is 2. The smallest absolute Gasteiger partial charge is 0.387 e. The van der Waals surface area contributed by atoms with E-state index in [1.165, 1.54) is 0 Å². The first-order valence-corrected chi connectivity index (χ1v) is 3.82. The van der Waals surface area contributed by atoms with Crippen molar-refractivity contribution in [3.05, 3.63) is 29.6 Å². The molecule has 0 saturated carbocycles. The lowest BCUT2D eigenvalue weighted by Crippen LogP contribution is -2.03. The molecule has 0 saturated heterocycles. The summed E-state index contributed by atoms with van der Waals surface area (Å²) in [4.78, 5) is 10.6. The van der Waals surface area contributed by atoms with Gasteiger partial charge in [0.25, 0.3) is 5.24 Å². The molecule has 76 valence electrons. The number of carbonyl (C=O) groups is 1. The SMILES string of the molecule is O=C(Cl)c1cc(OC(F)F)ccc1F. The monoisotopic (exact) mass is 224 g/mol. The molecule has 0 aliphatic rings. The van der Waals surface area contributed by atoms with Crippen LogP contribution in [0.4, 0.5) is 13.2 Å². The maximum Gasteiger partial charge on any atom is 0.387 e. The summed E-state index contributed by atoms with van der Waals surface area (Å²) >= 11 is 5.00. The minimum absolute atomic E-state index is 0.314. The Balaban J connectivity index is 3.00. The molecule has 0 bridgehead atoms. The third-order valence-corrected chi connectivity index (χ3v) is 1.58. The van der Waals surface area contributed by atoms with E-state index >= 15 is 0 Å². The number of hydrogen-bond acceptors (Lipinski definition) is 2. The van der Waals surface area contributed by atoms with Crippen LogP contribution in [0.3, 0.4) is 0 Å². The van der Waals surface area contributed by atoms with E-state index in [4.69, 9.17) is 11.6 Å². The van der Waals surface area contributed by atoms with Crippen molar-refractivity contribution in [3.8, 4) is 5.75 Å². The van der Waals surface area contributed by atoms with Gasteiger partial charge in [0.15, 0.2) is 0 Å². The maximum absolute atomic E-state index is 12.8. The van der Waals surface area contributed by atoms with Crippen LogP contribution in [0.15, 0.2) is 18.2 Å². The van der Waals surface area contributed by atoms with Crippen LogP contribution in [-0.2, 0) is 0 Å². The van der Waals surface area contributed by atoms with Crippen molar-refractivity contribution in [2.75, 3.05) is 0 Å². The summed E-state index contributed by atoms with van der Waals surface area (Å²) in [6.07, 6.45) is 0. The van der Waals surface area contributed by atoms with Gasteiger partial charge in [-0.25, -0.2) is 4.39 Å². The average molecular weight is 225 g/mol. The van der Waals surface area contributed by atoms with Crippen LogP contribution in [0.2, 0.25) is 0 Å². The van der Waals surface area contributed by atoms with E-state index in [1.807, 2.05) is 0 Å². The van der Waals surface area contributed by atoms with Crippen molar-refractivity contribution in [2.24, 2.45) is 0 Å². The molecule has 1 aromatic rings. The summed E-state index contributed by atoms with van der Waals surface area (Å²) in [6, 6.07) is 2.62. The molecule has 0 amide bonds. The molecule has 2 nitrogen and oxygen atoms in total. The van der Waals surface area contributed by atoms with Gasteiger partial charge in [0, 0.05) is 0 Å². The molecule has 0 spiro atoms. The number of hydrogen-bond donors (Lipinski definition) is 0. The molecule has 0 fully saturated rings. The van der Waals surface area contributed by atoms with Gasteiger partial charge in [0.2, 0.25) is 0 Å². The van der Waals surface area contributed by atoms with Crippen LogP contribution in [-0.4, -0.2) is 11.9 Å². The van der Waals surface area contributed by atoms with Gasteiger partial charge in [-0.1, -0.05) is 0 Å². The highest BCUT2D eigenvalue weighted by atomic mass is 35.5. The molecule has 1 aromatic carbocycles. The van der Waals surface area contributed by atoms with Crippen LogP contribution < -0.4 is 4.74 Å². The van der Waals surface area contributed by atoms with Crippen LogP contribution >= 0.6 is 11.6 Å². The molecule has 0 radical (unpaired) electrons. The summed E-state index contributed by atoms with van der Waals surface area (Å²) in [5.74, 6) is -1.20. The summed E-state index contributed by atoms with van der Waals surface area (Å²) in [7, 11) is 0. The highest BCUT2D eigenvalue weighted by molar-refractivity contribution is 6.67. The second kappa shape index (κ2) is 4.32. The highest BCUT2D eigenvalue weighted by Crippen LogP contribution is 2.20. The third-order valence-electron chi connectivity index (χ3n) is 1.37. The Labute approximate surface area is 82.2 Å². The Hall–Kier alpha value is -1.23. The lowest BCUT2D eigenvalue weighted by Gasteiger charge is -2.05. The lowest BCUT2D eigenvalue weighted by atomic mass is 10.2. The zero-order valence-corrected chi connectivity index (χ0v) is 7.39. The highest BCUT2D eigenvalue weighted by Gasteiger charge is 2.12. The van der Waals surface area contributed by atoms with Gasteiger partial charge in [-0.2, -0.15) is 8.78 Å². The second-order valence-corrected chi connectivity index (χ2v) is 2.64. The molecule has 14 heavy (non-hydrogen) atoms. The lowest BCUT2D eigenvalue weighted by molar-refractivity contribution is -0.0499. The molecule has 0 aliphatic carbocycles. The number of benzene rings is 1. The Kier molecular flexibility index (Phi) is 3.35. The van der Waals surface area contributed by atoms with Gasteiger partial charge in [0.05, 0.1) is 5.56 Å². The van der Waals surface area contributed by atoms with Crippen molar-refractivity contribution in [1.82, 2.24) is 0 Å². The fourth-order valence-corrected chi connectivity index (χ4v) is 0.976. The normalized spacial score (nSPS) is 10.4. The second-order valence-electron chi connectivity index (χ2n) is 2.29. The predicted molar refractivity (Wildman–Crippen MR) is 43.2 cm³/mol. The van der Waals surface area contributed by atoms with Gasteiger partial charge in [-0.05, 0) is 29.8 Å². The van der Waals surface area contributed by atoms with Crippen LogP contribution in [0, 0.1) is 5.82 Å². The summed E-state index contributed by atoms with van der Waals surface area (Å²) < 4.78 is 40.2. The fourth-order valence-electron chi connectivity index (χ4n) is 0.831. The molecule has 0 aliphatic heterocycles. The first-order chi connectivity index (χ1) is 6.50. The van der Waals surface area contributed by atoms with Crippen LogP contribution in [0.5, 0.6) is 5.75 Å². The molecule has 1 rings (SSSR count). The van der Waals surface area contributed by atoms with Crippen molar-refractivity contribution in [2.45, 2.75) is 6.61 Å². The minimum atomic E-state index is -3.03.